The van der Waals surface area contributed by atoms with Crippen molar-refractivity contribution in [1.82, 2.24) is 4.98 Å². The normalized spacial score (nSPS) is 11.0. The van der Waals surface area contributed by atoms with E-state index in [9.17, 15) is 4.79 Å². The molecular formula is C21H21NOS. The van der Waals surface area contributed by atoms with Gasteiger partial charge in [0.05, 0.1) is 4.88 Å². The third kappa shape index (κ3) is 4.18. The van der Waals surface area contributed by atoms with E-state index >= 15 is 0 Å². The van der Waals surface area contributed by atoms with Crippen LogP contribution in [0.3, 0.4) is 0 Å². The molecule has 3 aromatic rings. The maximum atomic E-state index is 12.4. The summed E-state index contributed by atoms with van der Waals surface area (Å²) in [5.74, 6) is 0.823. The first kappa shape index (κ1) is 16.6. The van der Waals surface area contributed by atoms with Crippen molar-refractivity contribution in [1.29, 1.82) is 0 Å². The Labute approximate surface area is 147 Å². The lowest BCUT2D eigenvalue weighted by atomic mass is 10.0. The lowest BCUT2D eigenvalue weighted by Gasteiger charge is -2.05. The Morgan fingerprint density at radius 3 is 2.33 bits per heavy atom. The molecule has 0 spiro atoms. The van der Waals surface area contributed by atoms with Gasteiger partial charge in [-0.05, 0) is 53.3 Å². The third-order valence-electron chi connectivity index (χ3n) is 3.88. The van der Waals surface area contributed by atoms with E-state index in [0.29, 0.717) is 12.3 Å². The topological polar surface area (TPSA) is 30.0 Å². The Kier molecular flexibility index (Phi) is 5.21. The van der Waals surface area contributed by atoms with Crippen LogP contribution in [0.4, 0.5) is 0 Å². The summed E-state index contributed by atoms with van der Waals surface area (Å²) in [6, 6.07) is 16.4. The molecule has 0 saturated heterocycles. The van der Waals surface area contributed by atoms with Crippen LogP contribution < -0.4 is 0 Å². The number of hydrogen-bond donors (Lipinski definition) is 0. The van der Waals surface area contributed by atoms with Crippen molar-refractivity contribution in [3.8, 4) is 10.4 Å². The first-order chi connectivity index (χ1) is 11.6. The van der Waals surface area contributed by atoms with Crippen LogP contribution in [0, 0.1) is 5.92 Å². The quantitative estimate of drug-likeness (QED) is 0.562. The lowest BCUT2D eigenvalue weighted by Crippen LogP contribution is -2.00. The van der Waals surface area contributed by atoms with E-state index in [-0.39, 0.29) is 5.78 Å². The molecule has 0 aliphatic rings. The van der Waals surface area contributed by atoms with Crippen LogP contribution in [-0.2, 0) is 12.8 Å². The highest BCUT2D eigenvalue weighted by Crippen LogP contribution is 2.29. The summed E-state index contributed by atoms with van der Waals surface area (Å²) >= 11 is 1.57. The van der Waals surface area contributed by atoms with Crippen molar-refractivity contribution in [2.24, 2.45) is 5.92 Å². The van der Waals surface area contributed by atoms with Gasteiger partial charge in [-0.1, -0.05) is 38.1 Å². The van der Waals surface area contributed by atoms with Gasteiger partial charge < -0.3 is 0 Å². The summed E-state index contributed by atoms with van der Waals surface area (Å²) < 4.78 is 0. The maximum absolute atomic E-state index is 12.4. The van der Waals surface area contributed by atoms with Gasteiger partial charge in [-0.15, -0.1) is 11.3 Å². The summed E-state index contributed by atoms with van der Waals surface area (Å²) in [6.45, 7) is 4.46. The predicted octanol–water partition coefficient (Wildman–Crippen LogP) is 5.43. The number of benzene rings is 1. The SMILES string of the molecule is CC(C)Cc1ccc(-c2ccc(C(=O)Cc3ccncc3)s2)cc1. The van der Waals surface area contributed by atoms with Gasteiger partial charge in [0, 0.05) is 23.7 Å². The fraction of sp³-hybridized carbons (Fsp3) is 0.238. The highest BCUT2D eigenvalue weighted by atomic mass is 32.1. The fourth-order valence-electron chi connectivity index (χ4n) is 2.69. The Hall–Kier alpha value is -2.26. The Balaban J connectivity index is 1.72. The van der Waals surface area contributed by atoms with E-state index in [4.69, 9.17) is 0 Å². The second-order valence-corrected chi connectivity index (χ2v) is 7.50. The summed E-state index contributed by atoms with van der Waals surface area (Å²) in [5, 5.41) is 0. The van der Waals surface area contributed by atoms with E-state index in [1.165, 1.54) is 11.1 Å². The molecule has 0 aliphatic carbocycles. The summed E-state index contributed by atoms with van der Waals surface area (Å²) in [7, 11) is 0. The van der Waals surface area contributed by atoms with Gasteiger partial charge in [0.25, 0.3) is 0 Å². The van der Waals surface area contributed by atoms with Gasteiger partial charge in [-0.3, -0.25) is 9.78 Å². The smallest absolute Gasteiger partial charge is 0.177 e. The summed E-state index contributed by atoms with van der Waals surface area (Å²) in [4.78, 5) is 18.4. The third-order valence-corrected chi connectivity index (χ3v) is 5.05. The minimum atomic E-state index is 0.161. The number of aromatic nitrogens is 1. The number of ketones is 1. The summed E-state index contributed by atoms with van der Waals surface area (Å²) in [5.41, 5.74) is 3.54. The Morgan fingerprint density at radius 1 is 0.958 bits per heavy atom. The van der Waals surface area contributed by atoms with Crippen molar-refractivity contribution in [3.63, 3.8) is 0 Å². The van der Waals surface area contributed by atoms with E-state index in [2.05, 4.69) is 43.1 Å². The molecule has 0 saturated carbocycles. The molecule has 0 unspecified atom stereocenters. The van der Waals surface area contributed by atoms with Gasteiger partial charge >= 0.3 is 0 Å². The minimum Gasteiger partial charge on any atom is -0.293 e. The van der Waals surface area contributed by atoms with Crippen molar-refractivity contribution in [3.05, 3.63) is 76.9 Å². The highest BCUT2D eigenvalue weighted by molar-refractivity contribution is 7.17. The molecule has 0 N–H and O–H groups in total. The van der Waals surface area contributed by atoms with E-state index in [1.54, 1.807) is 23.7 Å². The minimum absolute atomic E-state index is 0.161. The molecule has 2 aromatic heterocycles. The van der Waals surface area contributed by atoms with Crippen LogP contribution >= 0.6 is 11.3 Å². The number of thiophene rings is 1. The lowest BCUT2D eigenvalue weighted by molar-refractivity contribution is 0.0997. The summed E-state index contributed by atoms with van der Waals surface area (Å²) in [6.07, 6.45) is 4.97. The van der Waals surface area contributed by atoms with Gasteiger partial charge in [0.15, 0.2) is 5.78 Å². The number of carbonyl (C=O) groups excluding carboxylic acids is 1. The van der Waals surface area contributed by atoms with Crippen LogP contribution in [0.15, 0.2) is 60.9 Å². The molecule has 24 heavy (non-hydrogen) atoms. The molecule has 1 aromatic carbocycles. The van der Waals surface area contributed by atoms with Crippen LogP contribution in [0.2, 0.25) is 0 Å². The van der Waals surface area contributed by atoms with Crippen molar-refractivity contribution in [2.75, 3.05) is 0 Å². The standard InChI is InChI=1S/C21H21NOS/c1-15(2)13-16-3-5-18(6-4-16)20-7-8-21(24-20)19(23)14-17-9-11-22-12-10-17/h3-12,15H,13-14H2,1-2H3. The second-order valence-electron chi connectivity index (χ2n) is 6.41. The Bertz CT molecular complexity index is 803. The first-order valence-corrected chi connectivity index (χ1v) is 9.04. The Morgan fingerprint density at radius 2 is 1.67 bits per heavy atom. The van der Waals surface area contributed by atoms with Gasteiger partial charge in [0.1, 0.15) is 0 Å². The van der Waals surface area contributed by atoms with E-state index < -0.39 is 0 Å². The molecule has 0 amide bonds. The number of carbonyl (C=O) groups is 1. The van der Waals surface area contributed by atoms with Crippen molar-refractivity contribution >= 4 is 17.1 Å². The van der Waals surface area contributed by atoms with Crippen LogP contribution in [0.1, 0.15) is 34.6 Å². The zero-order chi connectivity index (χ0) is 16.9. The number of pyridine rings is 1. The molecule has 2 heterocycles. The molecular weight excluding hydrogens is 314 g/mol. The van der Waals surface area contributed by atoms with E-state index in [1.807, 2.05) is 24.3 Å². The van der Waals surface area contributed by atoms with Gasteiger partial charge in [0.2, 0.25) is 0 Å². The molecule has 0 bridgehead atoms. The zero-order valence-electron chi connectivity index (χ0n) is 14.0. The second kappa shape index (κ2) is 7.54. The van der Waals surface area contributed by atoms with Gasteiger partial charge in [-0.2, -0.15) is 0 Å². The molecule has 0 aliphatic heterocycles. The van der Waals surface area contributed by atoms with E-state index in [0.717, 1.165) is 21.7 Å². The highest BCUT2D eigenvalue weighted by Gasteiger charge is 2.11. The molecule has 0 fully saturated rings. The maximum Gasteiger partial charge on any atom is 0.177 e. The van der Waals surface area contributed by atoms with Crippen LogP contribution in [0.5, 0.6) is 0 Å². The number of nitrogens with zero attached hydrogens (tertiary/aromatic N) is 1. The number of Topliss-reactive ketones (excluding diaryl/α,β-unsaturated/α-hetero) is 1. The average molecular weight is 335 g/mol. The van der Waals surface area contributed by atoms with Crippen molar-refractivity contribution < 1.29 is 4.79 Å². The van der Waals surface area contributed by atoms with Gasteiger partial charge in [-0.25, -0.2) is 0 Å². The number of hydrogen-bond acceptors (Lipinski definition) is 3. The molecule has 3 rings (SSSR count). The molecule has 122 valence electrons. The van der Waals surface area contributed by atoms with Crippen LogP contribution in [0.25, 0.3) is 10.4 Å². The van der Waals surface area contributed by atoms with Crippen LogP contribution in [-0.4, -0.2) is 10.8 Å². The predicted molar refractivity (Wildman–Crippen MR) is 101 cm³/mol. The monoisotopic (exact) mass is 335 g/mol. The average Bonchev–Trinajstić information content (AvgIpc) is 3.06. The first-order valence-electron chi connectivity index (χ1n) is 8.23. The fourth-order valence-corrected chi connectivity index (χ4v) is 3.64. The zero-order valence-corrected chi connectivity index (χ0v) is 14.8. The molecule has 0 radical (unpaired) electrons. The molecule has 0 atom stereocenters. The number of rotatable bonds is 6. The largest absolute Gasteiger partial charge is 0.293 e. The van der Waals surface area contributed by atoms with Crippen molar-refractivity contribution in [2.45, 2.75) is 26.7 Å². The molecule has 3 heteroatoms. The molecule has 2 nitrogen and oxygen atoms in total.